The summed E-state index contributed by atoms with van der Waals surface area (Å²) in [5.74, 6) is 0.934. The molecule has 0 aromatic rings. The number of sulfone groups is 1. The second kappa shape index (κ2) is 5.79. The van der Waals surface area contributed by atoms with Crippen LogP contribution in [-0.2, 0) is 14.6 Å². The van der Waals surface area contributed by atoms with E-state index in [1.165, 1.54) is 0 Å². The van der Waals surface area contributed by atoms with Crippen molar-refractivity contribution in [3.63, 3.8) is 0 Å². The summed E-state index contributed by atoms with van der Waals surface area (Å²) in [6.07, 6.45) is 1.50. The Bertz CT molecular complexity index is 411. The number of nitrogens with zero attached hydrogens (tertiary/aromatic N) is 2. The van der Waals surface area contributed by atoms with E-state index < -0.39 is 9.84 Å². The molecule has 0 radical (unpaired) electrons. The van der Waals surface area contributed by atoms with Gasteiger partial charge in [0.1, 0.15) is 9.84 Å². The maximum Gasteiger partial charge on any atom is 0.225 e. The van der Waals surface area contributed by atoms with Crippen molar-refractivity contribution in [1.29, 1.82) is 0 Å². The van der Waals surface area contributed by atoms with E-state index in [-0.39, 0.29) is 11.8 Å². The summed E-state index contributed by atoms with van der Waals surface area (Å²) < 4.78 is 22.8. The third-order valence-corrected chi connectivity index (χ3v) is 5.88. The van der Waals surface area contributed by atoms with E-state index >= 15 is 0 Å². The first-order valence-corrected chi connectivity index (χ1v) is 8.94. The van der Waals surface area contributed by atoms with Gasteiger partial charge >= 0.3 is 0 Å². The normalized spacial score (nSPS) is 25.7. The van der Waals surface area contributed by atoms with Crippen LogP contribution in [0.2, 0.25) is 0 Å². The zero-order chi connectivity index (χ0) is 14.0. The molecule has 2 rings (SSSR count). The van der Waals surface area contributed by atoms with Crippen LogP contribution in [0.4, 0.5) is 0 Å². The fourth-order valence-electron chi connectivity index (χ4n) is 2.92. The maximum absolute atomic E-state index is 11.9. The van der Waals surface area contributed by atoms with Gasteiger partial charge in [0.05, 0.1) is 11.5 Å². The highest BCUT2D eigenvalue weighted by atomic mass is 32.2. The molecule has 0 aliphatic carbocycles. The highest BCUT2D eigenvalue weighted by molar-refractivity contribution is 7.91. The molecule has 6 heteroatoms. The summed E-state index contributed by atoms with van der Waals surface area (Å²) in [7, 11) is -2.78. The summed E-state index contributed by atoms with van der Waals surface area (Å²) in [4.78, 5) is 16.2. The fraction of sp³-hybridized carbons (Fsp3) is 0.923. The van der Waals surface area contributed by atoms with Gasteiger partial charge in [-0.1, -0.05) is 13.8 Å². The molecule has 0 spiro atoms. The molecule has 0 atom stereocenters. The van der Waals surface area contributed by atoms with Crippen LogP contribution in [0.1, 0.15) is 26.7 Å². The fourth-order valence-corrected chi connectivity index (χ4v) is 4.38. The van der Waals surface area contributed by atoms with Crippen molar-refractivity contribution in [2.75, 3.05) is 37.7 Å². The molecule has 2 aliphatic heterocycles. The second-order valence-electron chi connectivity index (χ2n) is 5.90. The molecule has 0 bridgehead atoms. The highest BCUT2D eigenvalue weighted by Gasteiger charge is 2.31. The van der Waals surface area contributed by atoms with Gasteiger partial charge in [-0.05, 0) is 12.8 Å². The third kappa shape index (κ3) is 3.69. The Labute approximate surface area is 115 Å². The van der Waals surface area contributed by atoms with Crippen molar-refractivity contribution >= 4 is 15.7 Å². The van der Waals surface area contributed by atoms with Crippen molar-refractivity contribution in [2.24, 2.45) is 5.92 Å². The molecular weight excluding hydrogens is 264 g/mol. The van der Waals surface area contributed by atoms with E-state index in [1.807, 2.05) is 18.7 Å². The summed E-state index contributed by atoms with van der Waals surface area (Å²) >= 11 is 0. The zero-order valence-corrected chi connectivity index (χ0v) is 12.7. The minimum Gasteiger partial charge on any atom is -0.340 e. The minimum absolute atomic E-state index is 0.0615. The standard InChI is InChI=1S/C13H24N2O3S/c1-11(2)13(16)15-7-5-14(6-8-15)12-3-9-19(17,18)10-4-12/h11-12H,3-10H2,1-2H3. The van der Waals surface area contributed by atoms with Gasteiger partial charge in [0.2, 0.25) is 5.91 Å². The largest absolute Gasteiger partial charge is 0.340 e. The van der Waals surface area contributed by atoms with Crippen molar-refractivity contribution in [3.05, 3.63) is 0 Å². The number of amides is 1. The van der Waals surface area contributed by atoms with Crippen molar-refractivity contribution in [3.8, 4) is 0 Å². The molecule has 5 nitrogen and oxygen atoms in total. The first-order valence-electron chi connectivity index (χ1n) is 7.12. The molecule has 2 aliphatic rings. The van der Waals surface area contributed by atoms with E-state index in [0.29, 0.717) is 17.5 Å². The molecule has 0 aromatic heterocycles. The van der Waals surface area contributed by atoms with Gasteiger partial charge in [-0.2, -0.15) is 0 Å². The van der Waals surface area contributed by atoms with Crippen molar-refractivity contribution < 1.29 is 13.2 Å². The van der Waals surface area contributed by atoms with Crippen LogP contribution < -0.4 is 0 Å². The lowest BCUT2D eigenvalue weighted by molar-refractivity contribution is -0.136. The van der Waals surface area contributed by atoms with E-state index in [1.54, 1.807) is 0 Å². The van der Waals surface area contributed by atoms with Gasteiger partial charge in [0.25, 0.3) is 0 Å². The number of hydrogen-bond donors (Lipinski definition) is 0. The lowest BCUT2D eigenvalue weighted by Gasteiger charge is -2.41. The molecule has 0 aromatic carbocycles. The Hall–Kier alpha value is -0.620. The SMILES string of the molecule is CC(C)C(=O)N1CCN(C2CCS(=O)(=O)CC2)CC1. The molecular formula is C13H24N2O3S. The minimum atomic E-state index is -2.78. The quantitative estimate of drug-likeness (QED) is 0.736. The predicted molar refractivity (Wildman–Crippen MR) is 74.7 cm³/mol. The Balaban J connectivity index is 1.82. The topological polar surface area (TPSA) is 57.7 Å². The number of piperazine rings is 1. The molecule has 2 fully saturated rings. The van der Waals surface area contributed by atoms with Crippen LogP contribution in [0.3, 0.4) is 0 Å². The molecule has 0 unspecified atom stereocenters. The summed E-state index contributed by atoms with van der Waals surface area (Å²) in [6.45, 7) is 7.17. The van der Waals surface area contributed by atoms with Gasteiger partial charge in [-0.25, -0.2) is 8.42 Å². The van der Waals surface area contributed by atoms with Gasteiger partial charge < -0.3 is 4.90 Å². The van der Waals surface area contributed by atoms with E-state index in [9.17, 15) is 13.2 Å². The van der Waals surface area contributed by atoms with Crippen LogP contribution in [0.15, 0.2) is 0 Å². The third-order valence-electron chi connectivity index (χ3n) is 4.16. The molecule has 19 heavy (non-hydrogen) atoms. The lowest BCUT2D eigenvalue weighted by atomic mass is 10.1. The zero-order valence-electron chi connectivity index (χ0n) is 11.8. The lowest BCUT2D eigenvalue weighted by Crippen LogP contribution is -2.54. The molecule has 110 valence electrons. The molecule has 0 N–H and O–H groups in total. The molecule has 2 saturated heterocycles. The smallest absolute Gasteiger partial charge is 0.225 e. The van der Waals surface area contributed by atoms with Crippen molar-refractivity contribution in [2.45, 2.75) is 32.7 Å². The van der Waals surface area contributed by atoms with Gasteiger partial charge in [0.15, 0.2) is 0 Å². The van der Waals surface area contributed by atoms with Crippen LogP contribution in [0, 0.1) is 5.92 Å². The summed E-state index contributed by atoms with van der Waals surface area (Å²) in [5.41, 5.74) is 0. The monoisotopic (exact) mass is 288 g/mol. The van der Waals surface area contributed by atoms with Crippen molar-refractivity contribution in [1.82, 2.24) is 9.80 Å². The average molecular weight is 288 g/mol. The highest BCUT2D eigenvalue weighted by Crippen LogP contribution is 2.20. The predicted octanol–water partition coefficient (Wildman–Crippen LogP) is 0.364. The first-order chi connectivity index (χ1) is 8.89. The Morgan fingerprint density at radius 1 is 1.05 bits per heavy atom. The van der Waals surface area contributed by atoms with Crippen LogP contribution in [-0.4, -0.2) is 67.9 Å². The van der Waals surface area contributed by atoms with E-state index in [0.717, 1.165) is 39.0 Å². The molecule has 1 amide bonds. The van der Waals surface area contributed by atoms with Gasteiger partial charge in [-0.3, -0.25) is 9.69 Å². The number of hydrogen-bond acceptors (Lipinski definition) is 4. The number of rotatable bonds is 2. The summed E-state index contributed by atoms with van der Waals surface area (Å²) in [5, 5.41) is 0. The second-order valence-corrected chi connectivity index (χ2v) is 8.20. The van der Waals surface area contributed by atoms with Crippen LogP contribution >= 0.6 is 0 Å². The Kier molecular flexibility index (Phi) is 4.50. The molecule has 2 heterocycles. The average Bonchev–Trinajstić information content (AvgIpc) is 2.38. The van der Waals surface area contributed by atoms with Crippen LogP contribution in [0.25, 0.3) is 0 Å². The van der Waals surface area contributed by atoms with Gasteiger partial charge in [-0.15, -0.1) is 0 Å². The Morgan fingerprint density at radius 3 is 2.05 bits per heavy atom. The number of carbonyl (C=O) groups excluding carboxylic acids is 1. The molecule has 0 saturated carbocycles. The van der Waals surface area contributed by atoms with E-state index in [4.69, 9.17) is 0 Å². The Morgan fingerprint density at radius 2 is 1.58 bits per heavy atom. The van der Waals surface area contributed by atoms with E-state index in [2.05, 4.69) is 4.90 Å². The van der Waals surface area contributed by atoms with Crippen LogP contribution in [0.5, 0.6) is 0 Å². The number of carbonyl (C=O) groups is 1. The van der Waals surface area contributed by atoms with Gasteiger partial charge in [0, 0.05) is 38.1 Å². The first kappa shape index (κ1) is 14.8. The summed E-state index contributed by atoms with van der Waals surface area (Å²) in [6, 6.07) is 0.389. The maximum atomic E-state index is 11.9.